The first kappa shape index (κ1) is 16.4. The SMILES string of the molecule is CC(C)(C)OC(=O)N1CCc2c(cnn2-c2cc(Cl)ncn2)C1=O. The summed E-state index contributed by atoms with van der Waals surface area (Å²) in [4.78, 5) is 33.8. The van der Waals surface area contributed by atoms with Gasteiger partial charge in [-0.3, -0.25) is 4.79 Å². The molecule has 3 rings (SSSR count). The van der Waals surface area contributed by atoms with Gasteiger partial charge in [-0.05, 0) is 20.8 Å². The van der Waals surface area contributed by atoms with E-state index in [0.717, 1.165) is 4.90 Å². The first-order valence-electron chi connectivity index (χ1n) is 7.36. The summed E-state index contributed by atoms with van der Waals surface area (Å²) in [6.07, 6.45) is 2.53. The van der Waals surface area contributed by atoms with E-state index in [9.17, 15) is 9.59 Å². The summed E-state index contributed by atoms with van der Waals surface area (Å²) in [5, 5.41) is 4.48. The van der Waals surface area contributed by atoms with Crippen LogP contribution in [0, 0.1) is 0 Å². The number of fused-ring (bicyclic) bond motifs is 1. The van der Waals surface area contributed by atoms with Crippen molar-refractivity contribution in [2.24, 2.45) is 0 Å². The molecule has 1 aliphatic rings. The van der Waals surface area contributed by atoms with Gasteiger partial charge in [0.1, 0.15) is 17.1 Å². The van der Waals surface area contributed by atoms with E-state index in [4.69, 9.17) is 16.3 Å². The van der Waals surface area contributed by atoms with Gasteiger partial charge < -0.3 is 4.74 Å². The van der Waals surface area contributed by atoms with Crippen molar-refractivity contribution in [1.82, 2.24) is 24.6 Å². The molecule has 0 unspecified atom stereocenters. The lowest BCUT2D eigenvalue weighted by atomic mass is 10.1. The molecule has 126 valence electrons. The van der Waals surface area contributed by atoms with Crippen LogP contribution in [0.5, 0.6) is 0 Å². The Morgan fingerprint density at radius 2 is 2.08 bits per heavy atom. The minimum Gasteiger partial charge on any atom is -0.443 e. The number of ether oxygens (including phenoxy) is 1. The van der Waals surface area contributed by atoms with Gasteiger partial charge >= 0.3 is 6.09 Å². The number of carbonyl (C=O) groups excluding carboxylic acids is 2. The molecule has 9 heteroatoms. The predicted octanol–water partition coefficient (Wildman–Crippen LogP) is 2.25. The van der Waals surface area contributed by atoms with Crippen LogP contribution in [0.4, 0.5) is 4.79 Å². The standard InChI is InChI=1S/C15H16ClN5O3/c1-15(2,3)24-14(23)20-5-4-10-9(13(20)22)7-19-21(10)12-6-11(16)17-8-18-12/h6-8H,4-5H2,1-3H3. The topological polar surface area (TPSA) is 90.2 Å². The largest absolute Gasteiger partial charge is 0.443 e. The molecule has 0 bridgehead atoms. The van der Waals surface area contributed by atoms with Gasteiger partial charge in [0.25, 0.3) is 5.91 Å². The third kappa shape index (κ3) is 3.09. The highest BCUT2D eigenvalue weighted by molar-refractivity contribution is 6.29. The summed E-state index contributed by atoms with van der Waals surface area (Å²) in [7, 11) is 0. The second-order valence-corrected chi connectivity index (χ2v) is 6.69. The Morgan fingerprint density at radius 3 is 2.75 bits per heavy atom. The fourth-order valence-electron chi connectivity index (χ4n) is 2.39. The highest BCUT2D eigenvalue weighted by Crippen LogP contribution is 2.23. The van der Waals surface area contributed by atoms with E-state index in [1.165, 1.54) is 17.2 Å². The Kier molecular flexibility index (Phi) is 4.00. The third-order valence-corrected chi connectivity index (χ3v) is 3.57. The highest BCUT2D eigenvalue weighted by atomic mass is 35.5. The Hall–Kier alpha value is -2.48. The molecule has 0 spiro atoms. The molecular weight excluding hydrogens is 334 g/mol. The number of halogens is 1. The second kappa shape index (κ2) is 5.86. The van der Waals surface area contributed by atoms with Crippen LogP contribution in [0.1, 0.15) is 36.8 Å². The van der Waals surface area contributed by atoms with Crippen molar-refractivity contribution >= 4 is 23.6 Å². The Bertz CT molecular complexity index is 812. The molecule has 0 N–H and O–H groups in total. The third-order valence-electron chi connectivity index (χ3n) is 3.37. The normalized spacial score (nSPS) is 14.5. The van der Waals surface area contributed by atoms with E-state index in [0.29, 0.717) is 23.5 Å². The van der Waals surface area contributed by atoms with Crippen LogP contribution in [0.3, 0.4) is 0 Å². The molecule has 0 saturated carbocycles. The lowest BCUT2D eigenvalue weighted by molar-refractivity contribution is 0.0233. The first-order chi connectivity index (χ1) is 11.3. The van der Waals surface area contributed by atoms with Crippen molar-refractivity contribution < 1.29 is 14.3 Å². The minimum absolute atomic E-state index is 0.214. The summed E-state index contributed by atoms with van der Waals surface area (Å²) in [5.74, 6) is 0.0340. The summed E-state index contributed by atoms with van der Waals surface area (Å²) in [6.45, 7) is 5.47. The molecule has 0 aromatic carbocycles. The van der Waals surface area contributed by atoms with E-state index in [2.05, 4.69) is 15.1 Å². The molecule has 0 radical (unpaired) electrons. The number of aromatic nitrogens is 4. The van der Waals surface area contributed by atoms with E-state index in [-0.39, 0.29) is 11.7 Å². The summed E-state index contributed by atoms with van der Waals surface area (Å²) in [6, 6.07) is 1.56. The zero-order chi connectivity index (χ0) is 17.5. The number of hydrogen-bond donors (Lipinski definition) is 0. The van der Waals surface area contributed by atoms with Gasteiger partial charge in [0, 0.05) is 19.0 Å². The molecule has 24 heavy (non-hydrogen) atoms. The quantitative estimate of drug-likeness (QED) is 0.733. The van der Waals surface area contributed by atoms with Crippen LogP contribution in [0.15, 0.2) is 18.6 Å². The molecule has 2 aromatic heterocycles. The van der Waals surface area contributed by atoms with E-state index >= 15 is 0 Å². The number of nitrogens with zero attached hydrogens (tertiary/aromatic N) is 5. The zero-order valence-corrected chi connectivity index (χ0v) is 14.2. The fraction of sp³-hybridized carbons (Fsp3) is 0.400. The summed E-state index contributed by atoms with van der Waals surface area (Å²) < 4.78 is 6.81. The lowest BCUT2D eigenvalue weighted by Crippen LogP contribution is -2.44. The van der Waals surface area contributed by atoms with Crippen LogP contribution in [0.25, 0.3) is 5.82 Å². The molecule has 8 nitrogen and oxygen atoms in total. The molecule has 0 atom stereocenters. The Balaban J connectivity index is 1.89. The van der Waals surface area contributed by atoms with Crippen LogP contribution in [-0.4, -0.2) is 48.8 Å². The van der Waals surface area contributed by atoms with Crippen LogP contribution < -0.4 is 0 Å². The Labute approximate surface area is 143 Å². The van der Waals surface area contributed by atoms with Gasteiger partial charge in [0.05, 0.1) is 17.5 Å². The highest BCUT2D eigenvalue weighted by Gasteiger charge is 2.34. The van der Waals surface area contributed by atoms with Gasteiger partial charge in [-0.15, -0.1) is 0 Å². The number of amides is 2. The molecular formula is C15H16ClN5O3. The molecule has 0 saturated heterocycles. The smallest absolute Gasteiger partial charge is 0.417 e. The van der Waals surface area contributed by atoms with Gasteiger partial charge in [-0.25, -0.2) is 24.3 Å². The van der Waals surface area contributed by atoms with Crippen LogP contribution >= 0.6 is 11.6 Å². The van der Waals surface area contributed by atoms with E-state index < -0.39 is 17.6 Å². The molecule has 1 aliphatic heterocycles. The lowest BCUT2D eigenvalue weighted by Gasteiger charge is -2.28. The first-order valence-corrected chi connectivity index (χ1v) is 7.74. The molecule has 3 heterocycles. The average Bonchev–Trinajstić information content (AvgIpc) is 2.90. The number of imide groups is 1. The van der Waals surface area contributed by atoms with Crippen LogP contribution in [-0.2, 0) is 11.2 Å². The van der Waals surface area contributed by atoms with Gasteiger partial charge in [-0.1, -0.05) is 11.6 Å². The number of carbonyl (C=O) groups is 2. The van der Waals surface area contributed by atoms with Gasteiger partial charge in [0.15, 0.2) is 5.82 Å². The maximum Gasteiger partial charge on any atom is 0.417 e. The van der Waals surface area contributed by atoms with Gasteiger partial charge in [-0.2, -0.15) is 5.10 Å². The summed E-state index contributed by atoms with van der Waals surface area (Å²) >= 11 is 5.87. The van der Waals surface area contributed by atoms with Crippen molar-refractivity contribution in [3.8, 4) is 5.82 Å². The summed E-state index contributed by atoms with van der Waals surface area (Å²) in [5.41, 5.74) is 0.357. The molecule has 0 aliphatic carbocycles. The predicted molar refractivity (Wildman–Crippen MR) is 85.1 cm³/mol. The minimum atomic E-state index is -0.667. The molecule has 0 fully saturated rings. The fourth-order valence-corrected chi connectivity index (χ4v) is 2.53. The number of rotatable bonds is 1. The maximum absolute atomic E-state index is 12.6. The average molecular weight is 350 g/mol. The number of hydrogen-bond acceptors (Lipinski definition) is 6. The maximum atomic E-state index is 12.6. The zero-order valence-electron chi connectivity index (χ0n) is 13.5. The van der Waals surface area contributed by atoms with Crippen molar-refractivity contribution in [3.05, 3.63) is 35.0 Å². The monoisotopic (exact) mass is 349 g/mol. The molecule has 2 amide bonds. The van der Waals surface area contributed by atoms with Gasteiger partial charge in [0.2, 0.25) is 0 Å². The van der Waals surface area contributed by atoms with Crippen molar-refractivity contribution in [1.29, 1.82) is 0 Å². The Morgan fingerprint density at radius 1 is 1.33 bits per heavy atom. The second-order valence-electron chi connectivity index (χ2n) is 6.30. The van der Waals surface area contributed by atoms with Crippen molar-refractivity contribution in [2.75, 3.05) is 6.54 Å². The van der Waals surface area contributed by atoms with Crippen molar-refractivity contribution in [3.63, 3.8) is 0 Å². The molecule has 2 aromatic rings. The van der Waals surface area contributed by atoms with E-state index in [1.54, 1.807) is 26.8 Å². The van der Waals surface area contributed by atoms with Crippen LogP contribution in [0.2, 0.25) is 5.15 Å². The van der Waals surface area contributed by atoms with E-state index in [1.807, 2.05) is 0 Å². The van der Waals surface area contributed by atoms with Crippen molar-refractivity contribution in [2.45, 2.75) is 32.8 Å².